The molecule has 1 heterocycles. The summed E-state index contributed by atoms with van der Waals surface area (Å²) in [5.41, 5.74) is 1.01. The Morgan fingerprint density at radius 3 is 2.70 bits per heavy atom. The van der Waals surface area contributed by atoms with Crippen LogP contribution >= 0.6 is 0 Å². The largest absolute Gasteiger partial charge is 0.466 e. The summed E-state index contributed by atoms with van der Waals surface area (Å²) in [5.74, 6) is 1.61. The Balaban J connectivity index is 1.91. The van der Waals surface area contributed by atoms with Gasteiger partial charge in [0, 0.05) is 19.3 Å². The molecule has 0 saturated heterocycles. The fourth-order valence-electron chi connectivity index (χ4n) is 1.89. The van der Waals surface area contributed by atoms with Gasteiger partial charge in [0.25, 0.3) is 0 Å². The highest BCUT2D eigenvalue weighted by Gasteiger charge is 2.08. The van der Waals surface area contributed by atoms with Gasteiger partial charge >= 0.3 is 0 Å². The molecule has 1 N–H and O–H groups in total. The van der Waals surface area contributed by atoms with Crippen LogP contribution in [-0.2, 0) is 17.6 Å². The number of carbonyl (C=O) groups excluding carboxylic acids is 1. The van der Waals surface area contributed by atoms with Gasteiger partial charge in [-0.2, -0.15) is 5.26 Å². The van der Waals surface area contributed by atoms with Crippen molar-refractivity contribution in [1.29, 1.82) is 5.26 Å². The summed E-state index contributed by atoms with van der Waals surface area (Å²) < 4.78 is 5.55. The first kappa shape index (κ1) is 13.9. The van der Waals surface area contributed by atoms with Crippen molar-refractivity contribution < 1.29 is 9.21 Å². The second-order valence-electron chi connectivity index (χ2n) is 4.43. The number of amides is 1. The number of carbonyl (C=O) groups is 1. The van der Waals surface area contributed by atoms with Crippen LogP contribution in [0.4, 0.5) is 5.69 Å². The van der Waals surface area contributed by atoms with Gasteiger partial charge in [0.15, 0.2) is 0 Å². The van der Waals surface area contributed by atoms with Crippen molar-refractivity contribution in [1.82, 2.24) is 0 Å². The molecule has 2 rings (SSSR count). The fraction of sp³-hybridized carbons (Fsp3) is 0.250. The van der Waals surface area contributed by atoms with Crippen LogP contribution in [0.1, 0.15) is 30.4 Å². The Morgan fingerprint density at radius 2 is 2.00 bits per heavy atom. The van der Waals surface area contributed by atoms with E-state index in [1.165, 1.54) is 0 Å². The topological polar surface area (TPSA) is 66.0 Å². The van der Waals surface area contributed by atoms with Gasteiger partial charge < -0.3 is 9.73 Å². The van der Waals surface area contributed by atoms with Crippen LogP contribution < -0.4 is 5.32 Å². The Hall–Kier alpha value is -2.54. The monoisotopic (exact) mass is 268 g/mol. The van der Waals surface area contributed by atoms with Crippen LogP contribution in [0, 0.1) is 11.3 Å². The van der Waals surface area contributed by atoms with Crippen LogP contribution in [0.3, 0.4) is 0 Å². The van der Waals surface area contributed by atoms with E-state index in [0.29, 0.717) is 24.1 Å². The standard InChI is InChI=1S/C16H16N2O2/c1-2-13-7-8-14(20-13)9-10-16(19)18-15-6-4-3-5-12(15)11-17/h3-8H,2,9-10H2,1H3,(H,18,19). The van der Waals surface area contributed by atoms with E-state index >= 15 is 0 Å². The van der Waals surface area contributed by atoms with Crippen LogP contribution in [-0.4, -0.2) is 5.91 Å². The minimum atomic E-state index is -0.123. The molecule has 0 bridgehead atoms. The summed E-state index contributed by atoms with van der Waals surface area (Å²) in [6.07, 6.45) is 1.73. The van der Waals surface area contributed by atoms with Crippen LogP contribution in [0.15, 0.2) is 40.8 Å². The number of rotatable bonds is 5. The molecule has 2 aromatic rings. The fourth-order valence-corrected chi connectivity index (χ4v) is 1.89. The number of hydrogen-bond donors (Lipinski definition) is 1. The Labute approximate surface area is 118 Å². The molecule has 102 valence electrons. The smallest absolute Gasteiger partial charge is 0.224 e. The van der Waals surface area contributed by atoms with Gasteiger partial charge in [-0.05, 0) is 24.3 Å². The summed E-state index contributed by atoms with van der Waals surface area (Å²) in [5, 5.41) is 11.7. The second-order valence-corrected chi connectivity index (χ2v) is 4.43. The highest BCUT2D eigenvalue weighted by molar-refractivity contribution is 5.92. The number of aryl methyl sites for hydroxylation is 2. The van der Waals surface area contributed by atoms with Gasteiger partial charge in [0.2, 0.25) is 5.91 Å². The lowest BCUT2D eigenvalue weighted by Gasteiger charge is -2.05. The van der Waals surface area contributed by atoms with E-state index in [1.54, 1.807) is 24.3 Å². The first-order valence-electron chi connectivity index (χ1n) is 6.59. The Bertz CT molecular complexity index is 638. The van der Waals surface area contributed by atoms with E-state index in [4.69, 9.17) is 9.68 Å². The summed E-state index contributed by atoms with van der Waals surface area (Å²) in [4.78, 5) is 11.9. The first-order chi connectivity index (χ1) is 9.72. The number of furan rings is 1. The molecule has 0 aliphatic rings. The van der Waals surface area contributed by atoms with Crippen molar-refractivity contribution in [3.63, 3.8) is 0 Å². The molecule has 0 aliphatic heterocycles. The number of anilines is 1. The lowest BCUT2D eigenvalue weighted by atomic mass is 10.2. The normalized spacial score (nSPS) is 10.0. The predicted molar refractivity (Wildman–Crippen MR) is 76.2 cm³/mol. The van der Waals surface area contributed by atoms with Gasteiger partial charge in [-0.25, -0.2) is 0 Å². The zero-order valence-electron chi connectivity index (χ0n) is 11.3. The maximum absolute atomic E-state index is 11.9. The van der Waals surface area contributed by atoms with Crippen molar-refractivity contribution >= 4 is 11.6 Å². The molecule has 1 aromatic heterocycles. The summed E-state index contributed by atoms with van der Waals surface area (Å²) >= 11 is 0. The lowest BCUT2D eigenvalue weighted by Crippen LogP contribution is -2.13. The number of nitrogens with zero attached hydrogens (tertiary/aromatic N) is 1. The van der Waals surface area contributed by atoms with E-state index < -0.39 is 0 Å². The number of benzene rings is 1. The molecule has 0 atom stereocenters. The van der Waals surface area contributed by atoms with Gasteiger partial charge in [0.05, 0.1) is 11.3 Å². The van der Waals surface area contributed by atoms with Crippen molar-refractivity contribution in [3.8, 4) is 6.07 Å². The summed E-state index contributed by atoms with van der Waals surface area (Å²) in [6.45, 7) is 2.02. The molecular formula is C16H16N2O2. The molecule has 0 spiro atoms. The Morgan fingerprint density at radius 1 is 1.25 bits per heavy atom. The van der Waals surface area contributed by atoms with Crippen molar-refractivity contribution in [2.45, 2.75) is 26.2 Å². The average Bonchev–Trinajstić information content (AvgIpc) is 2.94. The molecule has 4 nitrogen and oxygen atoms in total. The third-order valence-corrected chi connectivity index (χ3v) is 2.99. The van der Waals surface area contributed by atoms with Gasteiger partial charge in [-0.15, -0.1) is 0 Å². The SMILES string of the molecule is CCc1ccc(CCC(=O)Nc2ccccc2C#N)o1. The summed E-state index contributed by atoms with van der Waals surface area (Å²) in [6, 6.07) is 12.8. The number of nitriles is 1. The molecular weight excluding hydrogens is 252 g/mol. The minimum absolute atomic E-state index is 0.123. The van der Waals surface area contributed by atoms with Gasteiger partial charge in [0.1, 0.15) is 17.6 Å². The maximum Gasteiger partial charge on any atom is 0.224 e. The zero-order chi connectivity index (χ0) is 14.4. The first-order valence-corrected chi connectivity index (χ1v) is 6.59. The molecule has 20 heavy (non-hydrogen) atoms. The molecule has 0 saturated carbocycles. The van der Waals surface area contributed by atoms with Crippen LogP contribution in [0.2, 0.25) is 0 Å². The molecule has 1 amide bonds. The van der Waals surface area contributed by atoms with Crippen LogP contribution in [0.25, 0.3) is 0 Å². The van der Waals surface area contributed by atoms with E-state index in [0.717, 1.165) is 17.9 Å². The average molecular weight is 268 g/mol. The Kier molecular flexibility index (Phi) is 4.56. The van der Waals surface area contributed by atoms with Crippen LogP contribution in [0.5, 0.6) is 0 Å². The molecule has 0 radical (unpaired) electrons. The third kappa shape index (κ3) is 3.48. The zero-order valence-corrected chi connectivity index (χ0v) is 11.3. The van der Waals surface area contributed by atoms with Crippen molar-refractivity contribution in [2.24, 2.45) is 0 Å². The van der Waals surface area contributed by atoms with E-state index in [-0.39, 0.29) is 5.91 Å². The number of para-hydroxylation sites is 1. The molecule has 0 unspecified atom stereocenters. The van der Waals surface area contributed by atoms with Crippen molar-refractivity contribution in [3.05, 3.63) is 53.5 Å². The van der Waals surface area contributed by atoms with E-state index in [9.17, 15) is 4.79 Å². The second kappa shape index (κ2) is 6.58. The molecule has 4 heteroatoms. The number of nitrogens with one attached hydrogen (secondary N) is 1. The number of hydrogen-bond acceptors (Lipinski definition) is 3. The van der Waals surface area contributed by atoms with Crippen molar-refractivity contribution in [2.75, 3.05) is 5.32 Å². The highest BCUT2D eigenvalue weighted by atomic mass is 16.3. The van der Waals surface area contributed by atoms with Gasteiger partial charge in [-0.1, -0.05) is 19.1 Å². The molecule has 0 fully saturated rings. The summed E-state index contributed by atoms with van der Waals surface area (Å²) in [7, 11) is 0. The highest BCUT2D eigenvalue weighted by Crippen LogP contribution is 2.15. The third-order valence-electron chi connectivity index (χ3n) is 2.99. The quantitative estimate of drug-likeness (QED) is 0.904. The lowest BCUT2D eigenvalue weighted by molar-refractivity contribution is -0.116. The molecule has 0 aliphatic carbocycles. The van der Waals surface area contributed by atoms with Gasteiger partial charge in [-0.3, -0.25) is 4.79 Å². The van der Waals surface area contributed by atoms with E-state index in [2.05, 4.69) is 11.4 Å². The predicted octanol–water partition coefficient (Wildman–Crippen LogP) is 3.28. The van der Waals surface area contributed by atoms with E-state index in [1.807, 2.05) is 19.1 Å². The maximum atomic E-state index is 11.9. The minimum Gasteiger partial charge on any atom is -0.466 e. The molecule has 1 aromatic carbocycles.